The van der Waals surface area contributed by atoms with Crippen LogP contribution in [0.4, 0.5) is 0 Å². The summed E-state index contributed by atoms with van der Waals surface area (Å²) in [5.74, 6) is 0.901. The molecule has 0 bridgehead atoms. The molecule has 0 aliphatic carbocycles. The first-order valence-electron chi connectivity index (χ1n) is 9.13. The fourth-order valence-electron chi connectivity index (χ4n) is 2.96. The molecule has 144 valence electrons. The minimum absolute atomic E-state index is 0. The Morgan fingerprint density at radius 3 is 2.42 bits per heavy atom. The number of nitrogens with one attached hydrogen (secondary N) is 2. The van der Waals surface area contributed by atoms with Crippen molar-refractivity contribution in [3.05, 3.63) is 52.8 Å². The van der Waals surface area contributed by atoms with E-state index in [-0.39, 0.29) is 24.0 Å². The van der Waals surface area contributed by atoms with Gasteiger partial charge >= 0.3 is 0 Å². The van der Waals surface area contributed by atoms with E-state index >= 15 is 0 Å². The van der Waals surface area contributed by atoms with E-state index in [0.717, 1.165) is 44.9 Å². The summed E-state index contributed by atoms with van der Waals surface area (Å²) in [6, 6.07) is 6.73. The third-order valence-corrected chi connectivity index (χ3v) is 3.98. The van der Waals surface area contributed by atoms with Crippen LogP contribution in [0, 0.1) is 13.8 Å². The average molecular weight is 469 g/mol. The van der Waals surface area contributed by atoms with Gasteiger partial charge in [-0.05, 0) is 51.2 Å². The predicted octanol–water partition coefficient (Wildman–Crippen LogP) is 3.39. The summed E-state index contributed by atoms with van der Waals surface area (Å²) in [5.41, 5.74) is 5.29. The van der Waals surface area contributed by atoms with E-state index in [0.29, 0.717) is 0 Å². The monoisotopic (exact) mass is 469 g/mol. The molecule has 1 aromatic carbocycles. The van der Waals surface area contributed by atoms with Crippen molar-refractivity contribution in [2.75, 3.05) is 19.6 Å². The van der Waals surface area contributed by atoms with Crippen molar-refractivity contribution in [1.82, 2.24) is 20.4 Å². The quantitative estimate of drug-likeness (QED) is 0.270. The second-order valence-corrected chi connectivity index (χ2v) is 6.56. The van der Waals surface area contributed by atoms with Gasteiger partial charge in [-0.15, -0.1) is 24.0 Å². The Hall–Kier alpha value is -1.57. The Labute approximate surface area is 174 Å². The van der Waals surface area contributed by atoms with Crippen LogP contribution in [0.5, 0.6) is 0 Å². The number of hydrogen-bond donors (Lipinski definition) is 2. The number of aromatic nitrogens is 2. The van der Waals surface area contributed by atoms with Crippen molar-refractivity contribution in [2.24, 2.45) is 12.0 Å². The van der Waals surface area contributed by atoms with E-state index in [1.165, 1.54) is 22.3 Å². The minimum Gasteiger partial charge on any atom is -0.357 e. The summed E-state index contributed by atoms with van der Waals surface area (Å²) in [5, 5.41) is 10.9. The highest BCUT2D eigenvalue weighted by Gasteiger charge is 2.00. The van der Waals surface area contributed by atoms with Crippen LogP contribution in [0.15, 0.2) is 35.6 Å². The summed E-state index contributed by atoms with van der Waals surface area (Å²) in [6.45, 7) is 8.97. The molecule has 0 saturated heterocycles. The lowest BCUT2D eigenvalue weighted by atomic mass is 10.1. The van der Waals surface area contributed by atoms with Crippen molar-refractivity contribution in [2.45, 2.75) is 40.0 Å². The van der Waals surface area contributed by atoms with E-state index in [1.807, 2.05) is 17.9 Å². The van der Waals surface area contributed by atoms with Gasteiger partial charge in [-0.25, -0.2) is 0 Å². The van der Waals surface area contributed by atoms with E-state index in [4.69, 9.17) is 0 Å². The molecule has 0 spiro atoms. The Morgan fingerprint density at radius 2 is 1.81 bits per heavy atom. The summed E-state index contributed by atoms with van der Waals surface area (Å²) < 4.78 is 1.84. The van der Waals surface area contributed by atoms with Gasteiger partial charge in [0, 0.05) is 32.9 Å². The Kier molecular flexibility index (Phi) is 10.3. The van der Waals surface area contributed by atoms with Crippen LogP contribution in [0.1, 0.15) is 35.6 Å². The van der Waals surface area contributed by atoms with E-state index < -0.39 is 0 Å². The van der Waals surface area contributed by atoms with Crippen molar-refractivity contribution in [3.8, 4) is 0 Å². The zero-order valence-electron chi connectivity index (χ0n) is 16.4. The highest BCUT2D eigenvalue weighted by Crippen LogP contribution is 2.09. The number of guanidine groups is 1. The van der Waals surface area contributed by atoms with Gasteiger partial charge in [-0.1, -0.05) is 29.3 Å². The maximum atomic E-state index is 4.67. The van der Waals surface area contributed by atoms with Gasteiger partial charge < -0.3 is 10.6 Å². The van der Waals surface area contributed by atoms with Crippen LogP contribution >= 0.6 is 24.0 Å². The molecular formula is C20H32IN5. The molecule has 0 radical (unpaired) electrons. The van der Waals surface area contributed by atoms with Crippen LogP contribution < -0.4 is 10.6 Å². The minimum atomic E-state index is 0. The Balaban J connectivity index is 0.00000338. The molecule has 0 atom stereocenters. The average Bonchev–Trinajstić information content (AvgIpc) is 2.96. The molecule has 0 saturated carbocycles. The molecule has 0 fully saturated rings. The molecule has 0 aliphatic heterocycles. The highest BCUT2D eigenvalue weighted by molar-refractivity contribution is 14.0. The van der Waals surface area contributed by atoms with Crippen LogP contribution in [0.3, 0.4) is 0 Å². The van der Waals surface area contributed by atoms with Crippen molar-refractivity contribution < 1.29 is 0 Å². The Morgan fingerprint density at radius 1 is 1.08 bits per heavy atom. The maximum Gasteiger partial charge on any atom is 0.191 e. The lowest BCUT2D eigenvalue weighted by molar-refractivity contribution is 0.763. The molecule has 2 N–H and O–H groups in total. The third-order valence-electron chi connectivity index (χ3n) is 3.98. The molecule has 0 aliphatic rings. The molecule has 2 aromatic rings. The molecule has 0 unspecified atom stereocenters. The van der Waals surface area contributed by atoms with E-state index in [1.54, 1.807) is 0 Å². The number of halogens is 1. The van der Waals surface area contributed by atoms with Gasteiger partial charge in [0.25, 0.3) is 0 Å². The summed E-state index contributed by atoms with van der Waals surface area (Å²) in [7, 11) is 1.95. The normalized spacial score (nSPS) is 11.2. The zero-order valence-corrected chi connectivity index (χ0v) is 18.7. The van der Waals surface area contributed by atoms with Crippen LogP contribution in [-0.2, 0) is 19.9 Å². The van der Waals surface area contributed by atoms with Gasteiger partial charge in [0.1, 0.15) is 0 Å². The van der Waals surface area contributed by atoms with E-state index in [2.05, 4.69) is 65.9 Å². The zero-order chi connectivity index (χ0) is 18.1. The van der Waals surface area contributed by atoms with Gasteiger partial charge in [-0.3, -0.25) is 9.67 Å². The molecule has 1 heterocycles. The van der Waals surface area contributed by atoms with Gasteiger partial charge in [0.2, 0.25) is 0 Å². The molecule has 0 amide bonds. The van der Waals surface area contributed by atoms with Gasteiger partial charge in [0.15, 0.2) is 5.96 Å². The predicted molar refractivity (Wildman–Crippen MR) is 121 cm³/mol. The fourth-order valence-corrected chi connectivity index (χ4v) is 2.96. The topological polar surface area (TPSA) is 54.2 Å². The van der Waals surface area contributed by atoms with Crippen LogP contribution in [-0.4, -0.2) is 35.4 Å². The summed E-state index contributed by atoms with van der Waals surface area (Å²) in [6.07, 6.45) is 7.04. The molecule has 2 rings (SSSR count). The lowest BCUT2D eigenvalue weighted by Crippen LogP contribution is -2.38. The summed E-state index contributed by atoms with van der Waals surface area (Å²) >= 11 is 0. The number of benzene rings is 1. The molecule has 26 heavy (non-hydrogen) atoms. The smallest absolute Gasteiger partial charge is 0.191 e. The van der Waals surface area contributed by atoms with Crippen molar-refractivity contribution in [1.29, 1.82) is 0 Å². The van der Waals surface area contributed by atoms with Crippen molar-refractivity contribution >= 4 is 29.9 Å². The van der Waals surface area contributed by atoms with Gasteiger partial charge in [0.05, 0.1) is 6.20 Å². The van der Waals surface area contributed by atoms with Gasteiger partial charge in [-0.2, -0.15) is 5.10 Å². The summed E-state index contributed by atoms with van der Waals surface area (Å²) in [4.78, 5) is 4.67. The number of nitrogens with zero attached hydrogens (tertiary/aromatic N) is 3. The largest absolute Gasteiger partial charge is 0.357 e. The SMILES string of the molecule is CCNC(=NCCCc1cnn(C)c1)NCCc1cc(C)cc(C)c1.I. The number of rotatable bonds is 8. The van der Waals surface area contributed by atoms with E-state index in [9.17, 15) is 0 Å². The maximum absolute atomic E-state index is 4.67. The number of aryl methyl sites for hydroxylation is 4. The first-order chi connectivity index (χ1) is 12.1. The Bertz CT molecular complexity index is 673. The van der Waals surface area contributed by atoms with Crippen LogP contribution in [0.2, 0.25) is 0 Å². The molecular weight excluding hydrogens is 437 g/mol. The lowest BCUT2D eigenvalue weighted by Gasteiger charge is -2.12. The molecule has 1 aromatic heterocycles. The molecule has 5 nitrogen and oxygen atoms in total. The van der Waals surface area contributed by atoms with Crippen LogP contribution in [0.25, 0.3) is 0 Å². The highest BCUT2D eigenvalue weighted by atomic mass is 127. The fraction of sp³-hybridized carbons (Fsp3) is 0.500. The van der Waals surface area contributed by atoms with Crippen molar-refractivity contribution in [3.63, 3.8) is 0 Å². The number of aliphatic imine (C=N–C) groups is 1. The molecule has 6 heteroatoms. The second kappa shape index (κ2) is 11.9. The standard InChI is InChI=1S/C20H31N5.HI/c1-5-21-20(22-9-6-7-19-14-24-25(4)15-19)23-10-8-18-12-16(2)11-17(3)13-18;/h11-15H,5-10H2,1-4H3,(H2,21,22,23);1H. The third kappa shape index (κ3) is 8.21. The number of hydrogen-bond acceptors (Lipinski definition) is 2. The first-order valence-corrected chi connectivity index (χ1v) is 9.13. The second-order valence-electron chi connectivity index (χ2n) is 6.56. The first kappa shape index (κ1) is 22.5.